The third-order valence-electron chi connectivity index (χ3n) is 3.54. The van der Waals surface area contributed by atoms with E-state index < -0.39 is 18.3 Å². The van der Waals surface area contributed by atoms with Crippen LogP contribution in [0.2, 0.25) is 0 Å². The Kier molecular flexibility index (Phi) is 6.31. The Morgan fingerprint density at radius 1 is 1.07 bits per heavy atom. The van der Waals surface area contributed by atoms with Gasteiger partial charge < -0.3 is 20.6 Å². The highest BCUT2D eigenvalue weighted by molar-refractivity contribution is 5.97. The molecule has 0 aliphatic rings. The topological polar surface area (TPSA) is 98.8 Å². The quantitative estimate of drug-likeness (QED) is 0.361. The van der Waals surface area contributed by atoms with Crippen LogP contribution in [0, 0.1) is 11.6 Å². The van der Waals surface area contributed by atoms with Gasteiger partial charge in [0.2, 0.25) is 5.88 Å². The fourth-order valence-electron chi connectivity index (χ4n) is 2.19. The van der Waals surface area contributed by atoms with Gasteiger partial charge in [0.1, 0.15) is 17.4 Å². The van der Waals surface area contributed by atoms with Crippen molar-refractivity contribution >= 4 is 17.4 Å². The number of amides is 1. The Labute approximate surface area is 164 Å². The van der Waals surface area contributed by atoms with Crippen molar-refractivity contribution in [1.29, 1.82) is 0 Å². The molecule has 0 aliphatic heterocycles. The number of carbonyl (C=O) groups excluding carboxylic acids is 1. The summed E-state index contributed by atoms with van der Waals surface area (Å²) in [4.78, 5) is 20.8. The summed E-state index contributed by atoms with van der Waals surface area (Å²) in [5, 5.41) is 6.12. The predicted octanol–water partition coefficient (Wildman–Crippen LogP) is 3.43. The van der Waals surface area contributed by atoms with Gasteiger partial charge in [-0.15, -0.1) is 0 Å². The van der Waals surface area contributed by atoms with Crippen molar-refractivity contribution in [3.63, 3.8) is 0 Å². The van der Waals surface area contributed by atoms with Gasteiger partial charge in [-0.2, -0.15) is 0 Å². The number of hydrogen-bond donors (Lipinski definition) is 2. The molecule has 0 radical (unpaired) electrons. The van der Waals surface area contributed by atoms with Crippen LogP contribution in [0.25, 0.3) is 0 Å². The van der Waals surface area contributed by atoms with Crippen molar-refractivity contribution in [3.8, 4) is 11.6 Å². The number of carbonyl (C=O) groups is 1. The van der Waals surface area contributed by atoms with Gasteiger partial charge >= 0.3 is 0 Å². The Morgan fingerprint density at radius 3 is 2.55 bits per heavy atom. The first-order valence-electron chi connectivity index (χ1n) is 8.40. The molecule has 1 aromatic heterocycles. The van der Waals surface area contributed by atoms with Crippen molar-refractivity contribution in [2.45, 2.75) is 0 Å². The second-order valence-corrected chi connectivity index (χ2v) is 5.75. The van der Waals surface area contributed by atoms with Crippen LogP contribution >= 0.6 is 0 Å². The minimum Gasteiger partial charge on any atom is -0.439 e. The molecule has 148 valence electrons. The molecule has 0 spiro atoms. The number of nitrogens with two attached hydrogens (primary N) is 1. The van der Waals surface area contributed by atoms with E-state index in [1.807, 2.05) is 0 Å². The van der Waals surface area contributed by atoms with Gasteiger partial charge in [0.25, 0.3) is 5.91 Å². The number of nitrogens with zero attached hydrogens (tertiary/aromatic N) is 2. The predicted molar refractivity (Wildman–Crippen MR) is 102 cm³/mol. The standard InChI is InChI=1S/C20H16F2N4O3/c21-14-5-7-17(8-6-14)29-19-9-4-13(11-24-19)20(23)26-28-12-18(27)25-16-3-1-2-15(22)10-16/h1-11H,12H2,(H2,23,26)(H,25,27). The fourth-order valence-corrected chi connectivity index (χ4v) is 2.19. The number of halogens is 2. The molecule has 3 rings (SSSR count). The third-order valence-corrected chi connectivity index (χ3v) is 3.54. The van der Waals surface area contributed by atoms with Gasteiger partial charge in [-0.25, -0.2) is 13.8 Å². The SMILES string of the molecule is N/C(=N/OCC(=O)Nc1cccc(F)c1)c1ccc(Oc2ccc(F)cc2)nc1. The zero-order valence-corrected chi connectivity index (χ0v) is 15.0. The maximum Gasteiger partial charge on any atom is 0.265 e. The van der Waals surface area contributed by atoms with E-state index in [-0.39, 0.29) is 17.5 Å². The zero-order valence-electron chi connectivity index (χ0n) is 15.0. The molecule has 7 nitrogen and oxygen atoms in total. The number of aromatic nitrogens is 1. The largest absolute Gasteiger partial charge is 0.439 e. The molecule has 0 atom stereocenters. The summed E-state index contributed by atoms with van der Waals surface area (Å²) in [6.07, 6.45) is 1.41. The van der Waals surface area contributed by atoms with Crippen LogP contribution in [0.1, 0.15) is 5.56 Å². The molecule has 29 heavy (non-hydrogen) atoms. The molecule has 1 amide bonds. The van der Waals surface area contributed by atoms with Gasteiger partial charge in [-0.1, -0.05) is 11.2 Å². The van der Waals surface area contributed by atoms with Crippen LogP contribution in [0.15, 0.2) is 72.0 Å². The van der Waals surface area contributed by atoms with E-state index >= 15 is 0 Å². The lowest BCUT2D eigenvalue weighted by Crippen LogP contribution is -2.19. The first kappa shape index (κ1) is 19.7. The van der Waals surface area contributed by atoms with E-state index in [1.54, 1.807) is 18.2 Å². The number of rotatable bonds is 7. The Morgan fingerprint density at radius 2 is 1.86 bits per heavy atom. The van der Waals surface area contributed by atoms with Crippen molar-refractivity contribution in [2.24, 2.45) is 10.9 Å². The zero-order chi connectivity index (χ0) is 20.6. The molecule has 3 aromatic rings. The van der Waals surface area contributed by atoms with E-state index in [0.717, 1.165) is 0 Å². The van der Waals surface area contributed by atoms with Crippen LogP contribution in [-0.4, -0.2) is 23.3 Å². The summed E-state index contributed by atoms with van der Waals surface area (Å²) in [7, 11) is 0. The minimum absolute atomic E-state index is 0.00406. The molecule has 0 saturated heterocycles. The Balaban J connectivity index is 1.51. The van der Waals surface area contributed by atoms with Crippen molar-refractivity contribution in [3.05, 3.63) is 84.1 Å². The first-order valence-corrected chi connectivity index (χ1v) is 8.40. The van der Waals surface area contributed by atoms with Gasteiger partial charge in [0, 0.05) is 23.5 Å². The molecule has 0 saturated carbocycles. The summed E-state index contributed by atoms with van der Waals surface area (Å²) in [5.41, 5.74) is 6.54. The average Bonchev–Trinajstić information content (AvgIpc) is 2.70. The van der Waals surface area contributed by atoms with Gasteiger partial charge in [0.05, 0.1) is 0 Å². The average molecular weight is 398 g/mol. The van der Waals surface area contributed by atoms with Gasteiger partial charge in [0.15, 0.2) is 12.4 Å². The van der Waals surface area contributed by atoms with Gasteiger partial charge in [-0.05, 0) is 48.5 Å². The van der Waals surface area contributed by atoms with E-state index in [1.165, 1.54) is 48.7 Å². The van der Waals surface area contributed by atoms with Crippen LogP contribution in [0.5, 0.6) is 11.6 Å². The first-order chi connectivity index (χ1) is 14.0. The van der Waals surface area contributed by atoms with Crippen LogP contribution in [0.4, 0.5) is 14.5 Å². The van der Waals surface area contributed by atoms with E-state index in [2.05, 4.69) is 15.5 Å². The highest BCUT2D eigenvalue weighted by Gasteiger charge is 2.06. The van der Waals surface area contributed by atoms with Crippen LogP contribution in [-0.2, 0) is 9.63 Å². The Bertz CT molecular complexity index is 1010. The highest BCUT2D eigenvalue weighted by atomic mass is 19.1. The van der Waals surface area contributed by atoms with Gasteiger partial charge in [-0.3, -0.25) is 4.79 Å². The number of amidine groups is 1. The number of oxime groups is 1. The van der Waals surface area contributed by atoms with E-state index in [9.17, 15) is 13.6 Å². The second kappa shape index (κ2) is 9.27. The molecule has 1 heterocycles. The highest BCUT2D eigenvalue weighted by Crippen LogP contribution is 2.19. The summed E-state index contributed by atoms with van der Waals surface area (Å²) in [5.74, 6) is -0.637. The molecular formula is C20H16F2N4O3. The minimum atomic E-state index is -0.520. The summed E-state index contributed by atoms with van der Waals surface area (Å²) in [6.45, 7) is -0.406. The number of ether oxygens (including phenoxy) is 1. The monoisotopic (exact) mass is 398 g/mol. The number of anilines is 1. The maximum absolute atomic E-state index is 13.1. The smallest absolute Gasteiger partial charge is 0.265 e. The Hall–Kier alpha value is -4.01. The molecule has 0 unspecified atom stereocenters. The summed E-state index contributed by atoms with van der Waals surface area (Å²) in [6, 6.07) is 14.1. The van der Waals surface area contributed by atoms with Crippen LogP contribution in [0.3, 0.4) is 0 Å². The lowest BCUT2D eigenvalue weighted by Gasteiger charge is -2.06. The molecular weight excluding hydrogens is 382 g/mol. The number of hydrogen-bond acceptors (Lipinski definition) is 5. The van der Waals surface area contributed by atoms with Crippen LogP contribution < -0.4 is 15.8 Å². The number of nitrogens with one attached hydrogen (secondary N) is 1. The molecule has 0 bridgehead atoms. The molecule has 2 aromatic carbocycles. The summed E-state index contributed by atoms with van der Waals surface area (Å²) < 4.78 is 31.4. The summed E-state index contributed by atoms with van der Waals surface area (Å²) >= 11 is 0. The number of pyridine rings is 1. The van der Waals surface area contributed by atoms with Crippen molar-refractivity contribution < 1.29 is 23.1 Å². The third kappa shape index (κ3) is 5.99. The fraction of sp³-hybridized carbons (Fsp3) is 0.0500. The maximum atomic E-state index is 13.1. The second-order valence-electron chi connectivity index (χ2n) is 5.75. The molecule has 0 aliphatic carbocycles. The normalized spacial score (nSPS) is 11.0. The lowest BCUT2D eigenvalue weighted by atomic mass is 10.3. The number of benzene rings is 2. The van der Waals surface area contributed by atoms with E-state index in [4.69, 9.17) is 15.3 Å². The van der Waals surface area contributed by atoms with Crippen molar-refractivity contribution in [2.75, 3.05) is 11.9 Å². The van der Waals surface area contributed by atoms with E-state index in [0.29, 0.717) is 17.0 Å². The van der Waals surface area contributed by atoms with Crippen molar-refractivity contribution in [1.82, 2.24) is 4.98 Å². The lowest BCUT2D eigenvalue weighted by molar-refractivity contribution is -0.120. The molecule has 0 fully saturated rings. The molecule has 9 heteroatoms. The molecule has 3 N–H and O–H groups in total.